The second-order valence-electron chi connectivity index (χ2n) is 6.40. The van der Waals surface area contributed by atoms with E-state index in [4.69, 9.17) is 4.52 Å². The fourth-order valence-corrected chi connectivity index (χ4v) is 3.78. The second kappa shape index (κ2) is 6.67. The summed E-state index contributed by atoms with van der Waals surface area (Å²) in [7, 11) is 0. The Kier molecular flexibility index (Phi) is 4.60. The number of aryl methyl sites for hydroxylation is 1. The van der Waals surface area contributed by atoms with Crippen molar-refractivity contribution >= 4 is 6.03 Å². The Bertz CT molecular complexity index is 803. The van der Waals surface area contributed by atoms with Crippen LogP contribution in [0.2, 0.25) is 0 Å². The van der Waals surface area contributed by atoms with Crippen molar-refractivity contribution in [2.75, 3.05) is 0 Å². The first-order chi connectivity index (χ1) is 11.2. The van der Waals surface area contributed by atoms with Gasteiger partial charge < -0.3 is 9.84 Å². The molecule has 24 heavy (non-hydrogen) atoms. The van der Waals surface area contributed by atoms with Crippen LogP contribution in [0.1, 0.15) is 61.5 Å². The topological polar surface area (TPSA) is 64.2 Å². The van der Waals surface area contributed by atoms with Gasteiger partial charge in [-0.1, -0.05) is 38.1 Å². The van der Waals surface area contributed by atoms with Crippen molar-refractivity contribution in [3.05, 3.63) is 57.1 Å². The van der Waals surface area contributed by atoms with Gasteiger partial charge in [0.1, 0.15) is 0 Å². The number of aromatic nitrogens is 1. The van der Waals surface area contributed by atoms with Gasteiger partial charge in [-0.05, 0) is 49.7 Å². The quantitative estimate of drug-likeness (QED) is 0.814. The Labute approximate surface area is 141 Å². The zero-order valence-electron chi connectivity index (χ0n) is 13.0. The van der Waals surface area contributed by atoms with Crippen LogP contribution in [0, 0.1) is 0 Å². The molecule has 0 bridgehead atoms. The molecule has 0 unspecified atom stereocenters. The maximum absolute atomic E-state index is 12.6. The third-order valence-corrected chi connectivity index (χ3v) is 4.97. The van der Waals surface area contributed by atoms with E-state index in [9.17, 15) is 9.59 Å². The van der Waals surface area contributed by atoms with Crippen LogP contribution in [0.25, 0.3) is 0 Å². The third kappa shape index (κ3) is 2.79. The molecule has 1 atom stereocenters. The molecule has 0 saturated heterocycles. The molecule has 0 aliphatic heterocycles. The fraction of sp³-hybridized carbons (Fsp3) is 0.474. The van der Waals surface area contributed by atoms with Crippen LogP contribution in [0.15, 0.2) is 33.6 Å². The minimum Gasteiger partial charge on any atom is -0.328 e. The van der Waals surface area contributed by atoms with Crippen molar-refractivity contribution < 1.29 is 9.32 Å². The molecule has 2 aliphatic rings. The summed E-state index contributed by atoms with van der Waals surface area (Å²) in [6.45, 7) is 0. The standard InChI is InChI=1S/C18H20N2O3.CH4/c21-17-14-8-2-1-3-9-16(14)20(23-17)18(22)19-15-11-10-12-6-4-5-7-13(12)15;/h4-7,15H,1-3,8-11H2,(H,19,22);1H4/t15-;/m0./s1. The predicted octanol–water partition coefficient (Wildman–Crippen LogP) is 3.59. The molecule has 0 spiro atoms. The van der Waals surface area contributed by atoms with Crippen LogP contribution in [-0.4, -0.2) is 10.8 Å². The predicted molar refractivity (Wildman–Crippen MR) is 92.4 cm³/mol. The summed E-state index contributed by atoms with van der Waals surface area (Å²) < 4.78 is 6.43. The monoisotopic (exact) mass is 328 g/mol. The lowest BCUT2D eigenvalue weighted by atomic mass is 10.1. The van der Waals surface area contributed by atoms with Gasteiger partial charge in [0.25, 0.3) is 0 Å². The highest BCUT2D eigenvalue weighted by atomic mass is 16.5. The summed E-state index contributed by atoms with van der Waals surface area (Å²) in [6.07, 6.45) is 6.37. The van der Waals surface area contributed by atoms with Gasteiger partial charge in [0, 0.05) is 0 Å². The van der Waals surface area contributed by atoms with Gasteiger partial charge in [-0.2, -0.15) is 0 Å². The maximum atomic E-state index is 12.6. The number of hydrogen-bond acceptors (Lipinski definition) is 3. The summed E-state index contributed by atoms with van der Waals surface area (Å²) >= 11 is 0. The van der Waals surface area contributed by atoms with Gasteiger partial charge >= 0.3 is 11.7 Å². The molecular formula is C19H24N2O3. The van der Waals surface area contributed by atoms with Crippen molar-refractivity contribution in [1.82, 2.24) is 10.1 Å². The molecule has 2 aromatic rings. The molecule has 128 valence electrons. The first kappa shape index (κ1) is 16.6. The molecule has 1 amide bonds. The lowest BCUT2D eigenvalue weighted by molar-refractivity contribution is 0.200. The van der Waals surface area contributed by atoms with Crippen molar-refractivity contribution in [3.8, 4) is 0 Å². The third-order valence-electron chi connectivity index (χ3n) is 4.97. The summed E-state index contributed by atoms with van der Waals surface area (Å²) in [4.78, 5) is 24.6. The first-order valence-corrected chi connectivity index (χ1v) is 8.37. The van der Waals surface area contributed by atoms with Crippen molar-refractivity contribution in [1.29, 1.82) is 0 Å². The van der Waals surface area contributed by atoms with E-state index < -0.39 is 0 Å². The molecule has 0 radical (unpaired) electrons. The van der Waals surface area contributed by atoms with Crippen LogP contribution >= 0.6 is 0 Å². The van der Waals surface area contributed by atoms with E-state index in [1.807, 2.05) is 12.1 Å². The highest BCUT2D eigenvalue weighted by Crippen LogP contribution is 2.30. The number of nitrogens with one attached hydrogen (secondary N) is 1. The van der Waals surface area contributed by atoms with E-state index in [0.717, 1.165) is 44.2 Å². The van der Waals surface area contributed by atoms with E-state index in [2.05, 4.69) is 17.4 Å². The smallest absolute Gasteiger partial charge is 0.328 e. The van der Waals surface area contributed by atoms with Gasteiger partial charge in [-0.25, -0.2) is 9.59 Å². The minimum atomic E-state index is -0.358. The van der Waals surface area contributed by atoms with Crippen LogP contribution in [0.4, 0.5) is 4.79 Å². The Balaban J connectivity index is 0.00000169. The zero-order valence-corrected chi connectivity index (χ0v) is 13.0. The van der Waals surface area contributed by atoms with Gasteiger partial charge in [0.2, 0.25) is 0 Å². The number of nitrogens with zero attached hydrogens (tertiary/aromatic N) is 1. The maximum Gasteiger partial charge on any atom is 0.361 e. The molecule has 1 aromatic carbocycles. The average Bonchev–Trinajstić information content (AvgIpc) is 2.99. The second-order valence-corrected chi connectivity index (χ2v) is 6.40. The molecule has 1 heterocycles. The Morgan fingerprint density at radius 2 is 1.92 bits per heavy atom. The minimum absolute atomic E-state index is 0. The molecule has 0 fully saturated rings. The van der Waals surface area contributed by atoms with Crippen molar-refractivity contribution in [3.63, 3.8) is 0 Å². The van der Waals surface area contributed by atoms with E-state index in [1.54, 1.807) is 0 Å². The molecule has 0 saturated carbocycles. The van der Waals surface area contributed by atoms with Gasteiger partial charge in [0.05, 0.1) is 17.3 Å². The summed E-state index contributed by atoms with van der Waals surface area (Å²) in [5.41, 5.74) is 3.54. The first-order valence-electron chi connectivity index (χ1n) is 8.37. The van der Waals surface area contributed by atoms with Crippen LogP contribution in [0.5, 0.6) is 0 Å². The fourth-order valence-electron chi connectivity index (χ4n) is 3.78. The molecular weight excluding hydrogens is 304 g/mol. The molecule has 1 aromatic heterocycles. The lowest BCUT2D eigenvalue weighted by Crippen LogP contribution is -2.32. The largest absolute Gasteiger partial charge is 0.361 e. The van der Waals surface area contributed by atoms with E-state index >= 15 is 0 Å². The highest BCUT2D eigenvalue weighted by molar-refractivity contribution is 5.77. The Morgan fingerprint density at radius 1 is 1.12 bits per heavy atom. The number of hydrogen-bond donors (Lipinski definition) is 1. The van der Waals surface area contributed by atoms with Crippen molar-refractivity contribution in [2.45, 2.75) is 58.4 Å². The van der Waals surface area contributed by atoms with Crippen LogP contribution < -0.4 is 10.9 Å². The van der Waals surface area contributed by atoms with Gasteiger partial charge in [0.15, 0.2) is 0 Å². The summed E-state index contributed by atoms with van der Waals surface area (Å²) in [6, 6.07) is 7.84. The molecule has 4 rings (SSSR count). The number of fused-ring (bicyclic) bond motifs is 2. The Morgan fingerprint density at radius 3 is 2.79 bits per heavy atom. The number of carbonyl (C=O) groups is 1. The SMILES string of the molecule is C.O=C(N[C@H]1CCc2ccccc21)n1oc(=O)c2c1CCCCC2. The Hall–Kier alpha value is -2.30. The van der Waals surface area contributed by atoms with Gasteiger partial charge in [-0.15, -0.1) is 4.74 Å². The molecule has 2 aliphatic carbocycles. The van der Waals surface area contributed by atoms with Crippen LogP contribution in [-0.2, 0) is 19.3 Å². The average molecular weight is 328 g/mol. The number of rotatable bonds is 1. The zero-order chi connectivity index (χ0) is 15.8. The number of benzene rings is 1. The van der Waals surface area contributed by atoms with Crippen molar-refractivity contribution in [2.24, 2.45) is 0 Å². The number of carbonyl (C=O) groups excluding carboxylic acids is 1. The summed E-state index contributed by atoms with van der Waals surface area (Å²) in [5, 5.41) is 3.03. The number of amides is 1. The molecule has 5 heteroatoms. The van der Waals surface area contributed by atoms with E-state index in [-0.39, 0.29) is 25.1 Å². The van der Waals surface area contributed by atoms with E-state index in [0.29, 0.717) is 12.0 Å². The summed E-state index contributed by atoms with van der Waals surface area (Å²) in [5.74, 6) is 0. The van der Waals surface area contributed by atoms with Gasteiger partial charge in [-0.3, -0.25) is 0 Å². The highest BCUT2D eigenvalue weighted by Gasteiger charge is 2.27. The lowest BCUT2D eigenvalue weighted by Gasteiger charge is -2.14. The van der Waals surface area contributed by atoms with E-state index in [1.165, 1.54) is 15.9 Å². The molecule has 1 N–H and O–H groups in total. The normalized spacial score (nSPS) is 18.9. The molecule has 5 nitrogen and oxygen atoms in total. The van der Waals surface area contributed by atoms with Crippen LogP contribution in [0.3, 0.4) is 0 Å².